The van der Waals surface area contributed by atoms with Gasteiger partial charge in [-0.05, 0) is 60.7 Å². The summed E-state index contributed by atoms with van der Waals surface area (Å²) in [5.74, 6) is -5.24. The maximum absolute atomic E-state index is 13.2. The van der Waals surface area contributed by atoms with Gasteiger partial charge in [0.15, 0.2) is 0 Å². The summed E-state index contributed by atoms with van der Waals surface area (Å²) in [6.45, 7) is 0. The van der Waals surface area contributed by atoms with Crippen LogP contribution in [0.25, 0.3) is 11.3 Å². The van der Waals surface area contributed by atoms with Crippen LogP contribution in [0, 0.1) is 5.82 Å². The van der Waals surface area contributed by atoms with Gasteiger partial charge in [0.2, 0.25) is 0 Å². The van der Waals surface area contributed by atoms with Crippen LogP contribution in [0.5, 0.6) is 0 Å². The van der Waals surface area contributed by atoms with Crippen LogP contribution in [0.3, 0.4) is 0 Å². The minimum Gasteiger partial charge on any atom is -0.543 e. The van der Waals surface area contributed by atoms with Gasteiger partial charge >= 0.3 is 0 Å². The predicted octanol–water partition coefficient (Wildman–Crippen LogP) is 0.666. The van der Waals surface area contributed by atoms with Gasteiger partial charge in [-0.2, -0.15) is 0 Å². The number of benzene rings is 1. The van der Waals surface area contributed by atoms with Gasteiger partial charge < -0.3 is 39.6 Å². The number of carbonyl (C=O) groups excluding carboxylic acids is 4. The molecule has 0 aliphatic carbocycles. The fourth-order valence-electron chi connectivity index (χ4n) is 3.13. The van der Waals surface area contributed by atoms with Crippen LogP contribution in [-0.2, 0) is 20.1 Å². The van der Waals surface area contributed by atoms with Crippen LogP contribution in [0.15, 0.2) is 146 Å². The van der Waals surface area contributed by atoms with Gasteiger partial charge in [0, 0.05) is 56.7 Å². The zero-order valence-electron chi connectivity index (χ0n) is 25.6. The Bertz CT molecular complexity index is 1680. The van der Waals surface area contributed by atoms with Crippen molar-refractivity contribution in [2.24, 2.45) is 0 Å². The Hall–Kier alpha value is -6.57. The van der Waals surface area contributed by atoms with Crippen molar-refractivity contribution in [2.45, 2.75) is 0 Å². The first kappa shape index (κ1) is 41.5. The van der Waals surface area contributed by atoms with E-state index in [0.29, 0.717) is 5.69 Å². The molecule has 13 nitrogen and oxygen atoms in total. The van der Waals surface area contributed by atoms with Crippen molar-refractivity contribution in [1.82, 2.24) is 24.9 Å². The Morgan fingerprint density at radius 1 is 0.400 bits per heavy atom. The summed E-state index contributed by atoms with van der Waals surface area (Å²) in [7, 11) is 0. The summed E-state index contributed by atoms with van der Waals surface area (Å²) in [6.07, 6.45) is 7.22. The molecule has 50 heavy (non-hydrogen) atoms. The number of pyridine rings is 5. The first-order chi connectivity index (χ1) is 23.6. The number of aromatic carboxylic acids is 4. The van der Waals surface area contributed by atoms with Crippen LogP contribution in [0.1, 0.15) is 42.0 Å². The van der Waals surface area contributed by atoms with E-state index in [2.05, 4.69) is 24.9 Å². The van der Waals surface area contributed by atoms with Gasteiger partial charge in [0.1, 0.15) is 11.5 Å². The molecule has 6 aromatic rings. The zero-order valence-corrected chi connectivity index (χ0v) is 28.0. The molecule has 0 unspecified atom stereocenters. The van der Waals surface area contributed by atoms with Crippen LogP contribution in [0.4, 0.5) is 4.39 Å². The minimum atomic E-state index is -1.24. The standard InChI is InChI=1S/C11H8FN.4C6H5NO2.Ir/c12-10-7-4-8-13-11(10)9-5-2-1-3-6-9;4*8-6(9)5-3-1-2-4-7-5;/h1-8H;4*1-4H,(H,8,9);/p-4. The number of carboxylic acids is 4. The second-order valence-corrected chi connectivity index (χ2v) is 8.71. The number of halogens is 1. The molecule has 6 rings (SSSR count). The third-order valence-corrected chi connectivity index (χ3v) is 5.30. The molecule has 0 aliphatic heterocycles. The van der Waals surface area contributed by atoms with E-state index in [9.17, 15) is 44.0 Å². The maximum Gasteiger partial charge on any atom is 0.149 e. The molecule has 5 aromatic heterocycles. The normalized spacial score (nSPS) is 8.98. The first-order valence-electron chi connectivity index (χ1n) is 13.8. The fourth-order valence-corrected chi connectivity index (χ4v) is 3.13. The number of carboxylic acid groups (broad SMARTS) is 4. The van der Waals surface area contributed by atoms with Gasteiger partial charge in [-0.3, -0.25) is 24.9 Å². The second kappa shape index (κ2) is 23.7. The molecular weight excluding hydrogens is 830 g/mol. The van der Waals surface area contributed by atoms with E-state index in [0.717, 1.165) is 5.56 Å². The molecule has 1 radical (unpaired) electrons. The largest absolute Gasteiger partial charge is 0.543 e. The Morgan fingerprint density at radius 3 is 0.940 bits per heavy atom. The van der Waals surface area contributed by atoms with Crippen molar-refractivity contribution >= 4 is 23.9 Å². The topological polar surface area (TPSA) is 225 Å². The Balaban J connectivity index is 0.000000314. The van der Waals surface area contributed by atoms with Crippen molar-refractivity contribution < 1.29 is 64.1 Å². The van der Waals surface area contributed by atoms with Gasteiger partial charge in [0.05, 0.1) is 46.7 Å². The first-order valence-corrected chi connectivity index (χ1v) is 13.8. The Labute approximate surface area is 298 Å². The molecule has 0 fully saturated rings. The van der Waals surface area contributed by atoms with E-state index in [4.69, 9.17) is 0 Å². The molecule has 0 amide bonds. The van der Waals surface area contributed by atoms with Crippen LogP contribution in [-0.4, -0.2) is 48.8 Å². The van der Waals surface area contributed by atoms with Crippen LogP contribution in [0.2, 0.25) is 0 Å². The Morgan fingerprint density at radius 2 is 0.700 bits per heavy atom. The molecule has 1 aromatic carbocycles. The summed E-state index contributed by atoms with van der Waals surface area (Å²) in [5, 5.41) is 40.1. The molecule has 0 saturated carbocycles. The molecular formula is C35H24FIrN5O8-4. The number of aromatic nitrogens is 5. The van der Waals surface area contributed by atoms with Crippen molar-refractivity contribution in [2.75, 3.05) is 0 Å². The molecule has 0 spiro atoms. The summed E-state index contributed by atoms with van der Waals surface area (Å²) in [6, 6.07) is 30.8. The molecule has 15 heteroatoms. The van der Waals surface area contributed by atoms with Gasteiger partial charge in [0.25, 0.3) is 0 Å². The SMILES string of the molecule is Fc1cccnc1-c1ccccc1.O=C([O-])c1ccccn1.O=C([O-])c1ccccn1.O=C([O-])c1ccccn1.O=C([O-])c1ccccn1.[Ir]. The quantitative estimate of drug-likeness (QED) is 0.233. The number of hydrogen-bond acceptors (Lipinski definition) is 13. The molecule has 0 bridgehead atoms. The summed E-state index contributed by atoms with van der Waals surface area (Å²) >= 11 is 0. The van der Waals surface area contributed by atoms with Gasteiger partial charge in [-0.1, -0.05) is 54.6 Å². The van der Waals surface area contributed by atoms with Gasteiger partial charge in [-0.25, -0.2) is 4.39 Å². The Kier molecular flexibility index (Phi) is 19.7. The van der Waals surface area contributed by atoms with E-state index in [1.54, 1.807) is 60.8 Å². The number of rotatable bonds is 5. The molecule has 0 atom stereocenters. The van der Waals surface area contributed by atoms with Crippen molar-refractivity contribution in [3.8, 4) is 11.3 Å². The fraction of sp³-hybridized carbons (Fsp3) is 0. The van der Waals surface area contributed by atoms with E-state index in [-0.39, 0.29) is 48.7 Å². The van der Waals surface area contributed by atoms with Crippen molar-refractivity contribution in [3.05, 3.63) is 175 Å². The van der Waals surface area contributed by atoms with Crippen LogP contribution >= 0.6 is 0 Å². The summed E-state index contributed by atoms with van der Waals surface area (Å²) in [4.78, 5) is 58.1. The molecule has 257 valence electrons. The van der Waals surface area contributed by atoms with E-state index in [1.165, 1.54) is 55.1 Å². The monoisotopic (exact) mass is 854 g/mol. The third-order valence-electron chi connectivity index (χ3n) is 5.30. The second-order valence-electron chi connectivity index (χ2n) is 8.71. The van der Waals surface area contributed by atoms with Crippen LogP contribution < -0.4 is 20.4 Å². The van der Waals surface area contributed by atoms with Crippen molar-refractivity contribution in [1.29, 1.82) is 0 Å². The zero-order chi connectivity index (χ0) is 35.9. The summed E-state index contributed by atoms with van der Waals surface area (Å²) < 4.78 is 13.2. The van der Waals surface area contributed by atoms with E-state index in [1.807, 2.05) is 30.3 Å². The number of hydrogen-bond donors (Lipinski definition) is 0. The number of nitrogens with zero attached hydrogens (tertiary/aromatic N) is 5. The number of carbonyl (C=O) groups is 4. The molecule has 5 heterocycles. The smallest absolute Gasteiger partial charge is 0.149 e. The maximum atomic E-state index is 13.2. The average Bonchev–Trinajstić information content (AvgIpc) is 3.15. The minimum absolute atomic E-state index is 0. The molecule has 0 saturated heterocycles. The predicted molar refractivity (Wildman–Crippen MR) is 164 cm³/mol. The third kappa shape index (κ3) is 16.3. The molecule has 0 N–H and O–H groups in total. The van der Waals surface area contributed by atoms with Crippen molar-refractivity contribution in [3.63, 3.8) is 0 Å². The van der Waals surface area contributed by atoms with Gasteiger partial charge in [-0.15, -0.1) is 0 Å². The molecule has 0 aliphatic rings. The summed E-state index contributed by atoms with van der Waals surface area (Å²) in [5.41, 5.74) is 1.09. The average molecular weight is 854 g/mol. The van der Waals surface area contributed by atoms with E-state index >= 15 is 0 Å². The van der Waals surface area contributed by atoms with E-state index < -0.39 is 23.9 Å².